The fourth-order valence-corrected chi connectivity index (χ4v) is 4.27. The quantitative estimate of drug-likeness (QED) is 0.532. The minimum atomic E-state index is -5.08. The monoisotopic (exact) mass is 556 g/mol. The summed E-state index contributed by atoms with van der Waals surface area (Å²) in [5.74, 6) is -3.04. The number of rotatable bonds is 5. The Labute approximate surface area is 214 Å². The largest absolute Gasteiger partial charge is 0.490 e. The topological polar surface area (TPSA) is 126 Å². The number of aromatic nitrogens is 5. The lowest BCUT2D eigenvalue weighted by molar-refractivity contribution is -0.193. The van der Waals surface area contributed by atoms with Crippen molar-refractivity contribution >= 4 is 11.9 Å². The van der Waals surface area contributed by atoms with Crippen molar-refractivity contribution in [3.05, 3.63) is 30.1 Å². The Hall–Kier alpha value is -3.17. The molecule has 2 N–H and O–H groups in total. The van der Waals surface area contributed by atoms with Crippen molar-refractivity contribution in [2.45, 2.75) is 69.9 Å². The molecule has 214 valence electrons. The summed E-state index contributed by atoms with van der Waals surface area (Å²) in [5, 5.41) is 23.1. The molecule has 38 heavy (non-hydrogen) atoms. The first-order valence-corrected chi connectivity index (χ1v) is 11.9. The molecule has 1 saturated carbocycles. The first-order valence-electron chi connectivity index (χ1n) is 11.9. The zero-order valence-corrected chi connectivity index (χ0v) is 20.6. The first kappa shape index (κ1) is 31.1. The van der Waals surface area contributed by atoms with E-state index in [2.05, 4.69) is 42.7 Å². The van der Waals surface area contributed by atoms with E-state index in [-0.39, 0.29) is 0 Å². The van der Waals surface area contributed by atoms with Crippen LogP contribution in [0.25, 0.3) is 0 Å². The minimum Gasteiger partial charge on any atom is -0.475 e. The van der Waals surface area contributed by atoms with Gasteiger partial charge in [0.25, 0.3) is 0 Å². The van der Waals surface area contributed by atoms with Crippen LogP contribution in [0.1, 0.15) is 56.0 Å². The number of likely N-dealkylation sites (tertiary alicyclic amines) is 1. The molecular weight excluding hydrogens is 526 g/mol. The Kier molecular flexibility index (Phi) is 11.1. The van der Waals surface area contributed by atoms with E-state index >= 15 is 0 Å². The lowest BCUT2D eigenvalue weighted by Gasteiger charge is -2.32. The van der Waals surface area contributed by atoms with Gasteiger partial charge in [-0.1, -0.05) is 18.1 Å². The van der Waals surface area contributed by atoms with Crippen LogP contribution in [0.15, 0.2) is 18.6 Å². The molecule has 0 bridgehead atoms. The van der Waals surface area contributed by atoms with Gasteiger partial charge >= 0.3 is 24.3 Å². The van der Waals surface area contributed by atoms with Crippen molar-refractivity contribution in [3.63, 3.8) is 0 Å². The first-order chi connectivity index (χ1) is 17.7. The summed E-state index contributed by atoms with van der Waals surface area (Å²) < 4.78 is 67.7. The van der Waals surface area contributed by atoms with E-state index in [4.69, 9.17) is 19.8 Å². The number of aryl methyl sites for hydroxylation is 1. The summed E-state index contributed by atoms with van der Waals surface area (Å²) >= 11 is 0. The van der Waals surface area contributed by atoms with Gasteiger partial charge in [-0.05, 0) is 38.1 Å². The van der Waals surface area contributed by atoms with E-state index in [0.29, 0.717) is 11.8 Å². The second-order valence-electron chi connectivity index (χ2n) is 9.15. The van der Waals surface area contributed by atoms with Gasteiger partial charge in [0, 0.05) is 44.6 Å². The highest BCUT2D eigenvalue weighted by Gasteiger charge is 2.38. The molecule has 2 aromatic heterocycles. The van der Waals surface area contributed by atoms with Crippen molar-refractivity contribution in [3.8, 4) is 0 Å². The van der Waals surface area contributed by atoms with Crippen LogP contribution >= 0.6 is 0 Å². The van der Waals surface area contributed by atoms with Gasteiger partial charge in [-0.25, -0.2) is 14.6 Å². The van der Waals surface area contributed by atoms with E-state index in [0.717, 1.165) is 25.5 Å². The highest BCUT2D eigenvalue weighted by Crippen LogP contribution is 2.32. The molecule has 2 aliphatic rings. The van der Waals surface area contributed by atoms with Gasteiger partial charge in [-0.3, -0.25) is 9.58 Å². The number of nitrogens with zero attached hydrogens (tertiary/aromatic N) is 6. The van der Waals surface area contributed by atoms with Gasteiger partial charge in [0.15, 0.2) is 0 Å². The molecule has 0 radical (unpaired) electrons. The average molecular weight is 557 g/mol. The molecule has 0 spiro atoms. The zero-order valence-electron chi connectivity index (χ0n) is 20.6. The fraction of sp³-hybridized carbons (Fsp3) is 0.682. The summed E-state index contributed by atoms with van der Waals surface area (Å²) in [5.41, 5.74) is 1.22. The van der Waals surface area contributed by atoms with Crippen LogP contribution in [0.3, 0.4) is 0 Å². The Bertz CT molecular complexity index is 1010. The molecule has 1 aliphatic carbocycles. The summed E-state index contributed by atoms with van der Waals surface area (Å²) in [6, 6.07) is 0. The number of carbonyl (C=O) groups is 2. The number of hydrogen-bond acceptors (Lipinski definition) is 6. The lowest BCUT2D eigenvalue weighted by atomic mass is 9.98. The van der Waals surface area contributed by atoms with E-state index in [1.165, 1.54) is 50.8 Å². The van der Waals surface area contributed by atoms with Gasteiger partial charge < -0.3 is 14.8 Å². The van der Waals surface area contributed by atoms with Crippen molar-refractivity contribution in [1.29, 1.82) is 0 Å². The van der Waals surface area contributed by atoms with E-state index < -0.39 is 24.3 Å². The number of alkyl halides is 6. The van der Waals surface area contributed by atoms with Gasteiger partial charge in [0.1, 0.15) is 5.82 Å². The third-order valence-electron chi connectivity index (χ3n) is 6.15. The molecule has 2 fully saturated rings. The predicted octanol–water partition coefficient (Wildman–Crippen LogP) is 3.85. The van der Waals surface area contributed by atoms with Gasteiger partial charge in [-0.15, -0.1) is 5.10 Å². The van der Waals surface area contributed by atoms with Crippen LogP contribution in [-0.2, 0) is 29.7 Å². The normalized spacial score (nSPS) is 18.8. The number of hydrogen-bond donors (Lipinski definition) is 2. The number of imidazole rings is 1. The van der Waals surface area contributed by atoms with Crippen LogP contribution < -0.4 is 0 Å². The molecule has 1 aliphatic heterocycles. The highest BCUT2D eigenvalue weighted by molar-refractivity contribution is 5.73. The molecule has 0 aromatic carbocycles. The Morgan fingerprint density at radius 1 is 1.00 bits per heavy atom. The predicted molar refractivity (Wildman–Crippen MR) is 120 cm³/mol. The molecule has 4 rings (SSSR count). The van der Waals surface area contributed by atoms with Crippen molar-refractivity contribution < 1.29 is 46.1 Å². The molecule has 1 unspecified atom stereocenters. The maximum absolute atomic E-state index is 10.6. The second-order valence-corrected chi connectivity index (χ2v) is 9.15. The third-order valence-corrected chi connectivity index (χ3v) is 6.15. The number of carboxylic acids is 2. The van der Waals surface area contributed by atoms with Crippen LogP contribution in [0.5, 0.6) is 0 Å². The van der Waals surface area contributed by atoms with E-state index in [1.807, 2.05) is 12.4 Å². The maximum atomic E-state index is 10.6. The SMILES string of the molecule is Cn1ccnc1CN1CCCC(Cn2cc(C3CCCC3)nn2)C1.O=C(O)C(F)(F)F.O=C(O)C(F)(F)F. The van der Waals surface area contributed by atoms with Crippen LogP contribution in [0, 0.1) is 5.92 Å². The minimum absolute atomic E-state index is 0.657. The highest BCUT2D eigenvalue weighted by atomic mass is 19.4. The molecule has 1 atom stereocenters. The number of carboxylic acid groups (broad SMARTS) is 2. The van der Waals surface area contributed by atoms with Crippen molar-refractivity contribution in [2.24, 2.45) is 13.0 Å². The Morgan fingerprint density at radius 2 is 1.58 bits per heavy atom. The smallest absolute Gasteiger partial charge is 0.475 e. The van der Waals surface area contributed by atoms with Gasteiger partial charge in [0.05, 0.1) is 12.2 Å². The van der Waals surface area contributed by atoms with Crippen molar-refractivity contribution in [2.75, 3.05) is 13.1 Å². The Morgan fingerprint density at radius 3 is 2.08 bits per heavy atom. The summed E-state index contributed by atoms with van der Waals surface area (Å²) in [6.07, 6.45) is 3.78. The van der Waals surface area contributed by atoms with Gasteiger partial charge in [0.2, 0.25) is 0 Å². The lowest BCUT2D eigenvalue weighted by Crippen LogP contribution is -2.37. The summed E-state index contributed by atoms with van der Waals surface area (Å²) in [4.78, 5) is 24.8. The molecule has 2 aromatic rings. The zero-order chi connectivity index (χ0) is 28.5. The molecule has 10 nitrogen and oxygen atoms in total. The van der Waals surface area contributed by atoms with E-state index in [1.54, 1.807) is 0 Å². The van der Waals surface area contributed by atoms with Crippen molar-refractivity contribution in [1.82, 2.24) is 29.4 Å². The standard InChI is InChI=1S/C18H28N6.2C2HF3O2/c1-22-10-8-19-18(22)14-23-9-4-5-15(11-23)12-24-13-17(20-21-24)16-6-2-3-7-16;2*3-2(4,5)1(6)7/h8,10,13,15-16H,2-7,9,11-12,14H2,1H3;2*(H,6,7). The molecule has 0 amide bonds. The molecule has 1 saturated heterocycles. The van der Waals surface area contributed by atoms with Crippen LogP contribution in [0.4, 0.5) is 26.3 Å². The van der Waals surface area contributed by atoms with Crippen LogP contribution in [-0.4, -0.2) is 77.0 Å². The molecular formula is C22H30F6N6O4. The molecule has 16 heteroatoms. The average Bonchev–Trinajstić information content (AvgIpc) is 3.57. The third kappa shape index (κ3) is 10.3. The maximum Gasteiger partial charge on any atom is 0.490 e. The summed E-state index contributed by atoms with van der Waals surface area (Å²) in [6.45, 7) is 4.25. The number of piperidine rings is 1. The second kappa shape index (κ2) is 13.6. The molecule has 3 heterocycles. The number of halogens is 6. The van der Waals surface area contributed by atoms with Crippen LogP contribution in [0.2, 0.25) is 0 Å². The van der Waals surface area contributed by atoms with E-state index in [9.17, 15) is 26.3 Å². The summed E-state index contributed by atoms with van der Waals surface area (Å²) in [7, 11) is 2.07. The fourth-order valence-electron chi connectivity index (χ4n) is 4.27. The number of aliphatic carboxylic acids is 2. The Balaban J connectivity index is 0.000000301. The van der Waals surface area contributed by atoms with Gasteiger partial charge in [-0.2, -0.15) is 26.3 Å².